The van der Waals surface area contributed by atoms with Gasteiger partial charge in [0, 0.05) is 30.7 Å². The molecule has 0 radical (unpaired) electrons. The molecule has 0 fully saturated rings. The summed E-state index contributed by atoms with van der Waals surface area (Å²) in [4.78, 5) is 13.1. The number of rotatable bonds is 9. The molecule has 0 aromatic heterocycles. The van der Waals surface area contributed by atoms with E-state index >= 15 is 0 Å². The van der Waals surface area contributed by atoms with Crippen molar-refractivity contribution in [2.45, 2.75) is 39.0 Å². The lowest BCUT2D eigenvalue weighted by Gasteiger charge is -2.49. The molecule has 0 aliphatic carbocycles. The lowest BCUT2D eigenvalue weighted by atomic mass is 10.1. The van der Waals surface area contributed by atoms with Crippen molar-refractivity contribution in [3.05, 3.63) is 34.4 Å². The average Bonchev–Trinajstić information content (AvgIpc) is 2.59. The molecule has 2 unspecified atom stereocenters. The largest absolute Gasteiger partial charge is 0.397 e. The Balaban J connectivity index is 0.00000122. The predicted octanol–water partition coefficient (Wildman–Crippen LogP) is 2.72. The van der Waals surface area contributed by atoms with E-state index in [-0.39, 0.29) is 22.9 Å². The third kappa shape index (κ3) is 8.92. The number of nitro groups is 1. The Bertz CT molecular complexity index is 748. The summed E-state index contributed by atoms with van der Waals surface area (Å²) in [5.74, 6) is 0. The summed E-state index contributed by atoms with van der Waals surface area (Å²) in [6.07, 6.45) is 2.57. The van der Waals surface area contributed by atoms with Crippen molar-refractivity contribution in [1.82, 2.24) is 0 Å². The van der Waals surface area contributed by atoms with E-state index in [1.54, 1.807) is 12.1 Å². The first-order valence-corrected chi connectivity index (χ1v) is 11.0. The highest BCUT2D eigenvalue weighted by Gasteiger charge is 2.39. The summed E-state index contributed by atoms with van der Waals surface area (Å²) in [5, 5.41) is 11.0. The Kier molecular flexibility index (Phi) is 10.3. The fraction of sp³-hybridized carbons (Fsp3) is 0.684. The van der Waals surface area contributed by atoms with Gasteiger partial charge < -0.3 is 8.97 Å². The SMILES string of the molecule is CCC(N(c1ccc([N+](=O)[O-])cc1)C(CC)[N+](C)(C)C)[N+](C)(C)C.COS(=O)(=O)O. The highest BCUT2D eigenvalue weighted by Crippen LogP contribution is 2.30. The van der Waals surface area contributed by atoms with Gasteiger partial charge in [0.05, 0.1) is 54.3 Å². The zero-order chi connectivity index (χ0) is 23.9. The fourth-order valence-electron chi connectivity index (χ4n) is 3.52. The zero-order valence-electron chi connectivity index (χ0n) is 19.6. The summed E-state index contributed by atoms with van der Waals surface area (Å²) < 4.78 is 31.3. The molecule has 1 aromatic carbocycles. The molecular weight excluding hydrogens is 412 g/mol. The van der Waals surface area contributed by atoms with E-state index in [0.717, 1.165) is 34.6 Å². The van der Waals surface area contributed by atoms with Crippen LogP contribution in [-0.2, 0) is 14.6 Å². The normalized spacial score (nSPS) is 14.3. The molecule has 2 atom stereocenters. The van der Waals surface area contributed by atoms with Crippen LogP contribution in [0.4, 0.5) is 11.4 Å². The average molecular weight is 451 g/mol. The highest BCUT2D eigenvalue weighted by molar-refractivity contribution is 7.80. The summed E-state index contributed by atoms with van der Waals surface area (Å²) in [5.41, 5.74) is 1.18. The minimum absolute atomic E-state index is 0.135. The van der Waals surface area contributed by atoms with Gasteiger partial charge in [0.1, 0.15) is 0 Å². The van der Waals surface area contributed by atoms with Gasteiger partial charge >= 0.3 is 10.4 Å². The second kappa shape index (κ2) is 11.0. The third-order valence-corrected chi connectivity index (χ3v) is 5.15. The maximum absolute atomic E-state index is 11.0. The van der Waals surface area contributed by atoms with Gasteiger partial charge in [-0.15, -0.1) is 0 Å². The Morgan fingerprint density at radius 2 is 1.33 bits per heavy atom. The molecule has 0 saturated carbocycles. The molecule has 11 heteroatoms. The Morgan fingerprint density at radius 3 is 1.53 bits per heavy atom. The predicted molar refractivity (Wildman–Crippen MR) is 118 cm³/mol. The Hall–Kier alpha value is -1.79. The van der Waals surface area contributed by atoms with E-state index < -0.39 is 10.4 Å². The molecule has 0 spiro atoms. The topological polar surface area (TPSA) is 110 Å². The maximum Gasteiger partial charge on any atom is 0.397 e. The second-order valence-corrected chi connectivity index (χ2v) is 9.97. The van der Waals surface area contributed by atoms with Crippen molar-refractivity contribution in [2.24, 2.45) is 0 Å². The van der Waals surface area contributed by atoms with Crippen LogP contribution >= 0.6 is 0 Å². The van der Waals surface area contributed by atoms with E-state index in [1.807, 2.05) is 12.1 Å². The van der Waals surface area contributed by atoms with Crippen LogP contribution in [0.1, 0.15) is 26.7 Å². The van der Waals surface area contributed by atoms with Crippen molar-refractivity contribution in [2.75, 3.05) is 54.3 Å². The van der Waals surface area contributed by atoms with Crippen molar-refractivity contribution in [3.63, 3.8) is 0 Å². The van der Waals surface area contributed by atoms with Crippen molar-refractivity contribution in [3.8, 4) is 0 Å². The number of anilines is 1. The first-order valence-electron chi connectivity index (χ1n) is 9.67. The van der Waals surface area contributed by atoms with E-state index in [0.29, 0.717) is 0 Å². The fourth-order valence-corrected chi connectivity index (χ4v) is 3.52. The molecule has 30 heavy (non-hydrogen) atoms. The standard InChI is InChI=1S/C18H34N4O2.CH4O4S/c1-9-17(21(3,4)5)19(18(10-2)22(6,7)8)15-11-13-16(14-12-15)20(23)24;1-5-6(2,3)4/h11-14,17-18H,9-10H2,1-8H3;1H3,(H,2,3,4)/q+2;. The van der Waals surface area contributed by atoms with Crippen molar-refractivity contribution in [1.29, 1.82) is 0 Å². The van der Waals surface area contributed by atoms with Crippen LogP contribution in [0.2, 0.25) is 0 Å². The van der Waals surface area contributed by atoms with Crippen LogP contribution in [-0.4, -0.2) is 88.6 Å². The summed E-state index contributed by atoms with van der Waals surface area (Å²) in [7, 11) is 9.93. The van der Waals surface area contributed by atoms with Crippen LogP contribution in [0.5, 0.6) is 0 Å². The molecule has 174 valence electrons. The minimum atomic E-state index is -4.16. The van der Waals surface area contributed by atoms with E-state index in [9.17, 15) is 18.5 Å². The Labute approximate surface area is 180 Å². The van der Waals surface area contributed by atoms with Gasteiger partial charge in [-0.3, -0.25) is 23.8 Å². The van der Waals surface area contributed by atoms with Gasteiger partial charge in [-0.25, -0.2) is 0 Å². The molecule has 0 aliphatic rings. The lowest BCUT2D eigenvalue weighted by molar-refractivity contribution is -0.918. The van der Waals surface area contributed by atoms with E-state index in [2.05, 4.69) is 65.2 Å². The molecule has 1 aromatic rings. The smallest absolute Gasteiger partial charge is 0.311 e. The van der Waals surface area contributed by atoms with Crippen molar-refractivity contribution < 1.29 is 31.0 Å². The number of non-ortho nitro benzene ring substituents is 1. The summed E-state index contributed by atoms with van der Waals surface area (Å²) in [6, 6.07) is 6.98. The number of hydrogen-bond donors (Lipinski definition) is 1. The van der Waals surface area contributed by atoms with E-state index in [4.69, 9.17) is 4.55 Å². The van der Waals surface area contributed by atoms with Crippen LogP contribution in [0, 0.1) is 10.1 Å². The molecule has 0 heterocycles. The number of nitro benzene ring substituents is 1. The summed E-state index contributed by atoms with van der Waals surface area (Å²) in [6.45, 7) is 4.41. The first kappa shape index (κ1) is 28.2. The monoisotopic (exact) mass is 450 g/mol. The molecule has 0 aliphatic heterocycles. The van der Waals surface area contributed by atoms with Crippen LogP contribution in [0.3, 0.4) is 0 Å². The highest BCUT2D eigenvalue weighted by atomic mass is 32.3. The maximum atomic E-state index is 11.0. The molecular formula is C19H38N4O6S+2. The Morgan fingerprint density at radius 1 is 1.00 bits per heavy atom. The number of nitrogens with zero attached hydrogens (tertiary/aromatic N) is 4. The molecule has 0 amide bonds. The number of quaternary nitrogens is 2. The van der Waals surface area contributed by atoms with Gasteiger partial charge in [0.15, 0.2) is 12.3 Å². The second-order valence-electron chi connectivity index (χ2n) is 8.79. The number of benzene rings is 1. The number of hydrogen-bond acceptors (Lipinski definition) is 6. The summed E-state index contributed by atoms with van der Waals surface area (Å²) >= 11 is 0. The molecule has 0 saturated heterocycles. The van der Waals surface area contributed by atoms with Crippen LogP contribution in [0.25, 0.3) is 0 Å². The molecule has 1 N–H and O–H groups in total. The minimum Gasteiger partial charge on any atom is -0.311 e. The van der Waals surface area contributed by atoms with Gasteiger partial charge in [-0.05, 0) is 12.1 Å². The van der Waals surface area contributed by atoms with Gasteiger partial charge in [-0.2, -0.15) is 8.42 Å². The lowest BCUT2D eigenvalue weighted by Crippen LogP contribution is -2.64. The zero-order valence-corrected chi connectivity index (χ0v) is 20.4. The van der Waals surface area contributed by atoms with Gasteiger partial charge in [0.2, 0.25) is 0 Å². The van der Waals surface area contributed by atoms with Crippen LogP contribution < -0.4 is 4.90 Å². The first-order chi connectivity index (χ1) is 13.5. The van der Waals surface area contributed by atoms with Crippen molar-refractivity contribution >= 4 is 21.8 Å². The molecule has 0 bridgehead atoms. The quantitative estimate of drug-likeness (QED) is 0.202. The molecule has 1 rings (SSSR count). The third-order valence-electron chi connectivity index (χ3n) is 4.73. The van der Waals surface area contributed by atoms with Gasteiger partial charge in [0.25, 0.3) is 5.69 Å². The van der Waals surface area contributed by atoms with Gasteiger partial charge in [-0.1, -0.05) is 13.8 Å². The van der Waals surface area contributed by atoms with Crippen LogP contribution in [0.15, 0.2) is 24.3 Å². The molecule has 10 nitrogen and oxygen atoms in total. The van der Waals surface area contributed by atoms with E-state index in [1.165, 1.54) is 0 Å².